The van der Waals surface area contributed by atoms with Crippen molar-refractivity contribution in [3.05, 3.63) is 379 Å². The lowest BCUT2D eigenvalue weighted by Crippen LogP contribution is -1.95. The van der Waals surface area contributed by atoms with Crippen LogP contribution in [-0.4, -0.2) is 44.4 Å². The summed E-state index contributed by atoms with van der Waals surface area (Å²) in [5.74, 6) is 0. The SMILES string of the molecule is Clc1nc(-c2cc3sc4ccccc4c3c3ccccc23)c2oc3ccccc3c2n1.Clc1nc(-c2ccc3c(c2)c2ccccc2n3-c2ccccc2)c2oc3c4ccccc4c4ccccc4c3c2n1.Clc1nc(-c2ccc3ccccc3c2)c2oc3c4ccccc4ccc3c2n1.Clc1nc(-c2cccc3c2Sc2ccccc2S3)c2oc3c4ccccc4ccc3c2n1. The highest BCUT2D eigenvalue weighted by Crippen LogP contribution is 2.54. The molecule has 622 valence electrons. The number of aromatic nitrogens is 9. The molecule has 132 heavy (non-hydrogen) atoms. The van der Waals surface area contributed by atoms with Gasteiger partial charge in [0.25, 0.3) is 0 Å². The molecule has 28 aromatic rings. The quantitative estimate of drug-likeness (QED) is 0.118. The molecule has 0 spiro atoms. The van der Waals surface area contributed by atoms with E-state index in [9.17, 15) is 0 Å². The zero-order valence-corrected chi connectivity index (χ0v) is 74.4. The summed E-state index contributed by atoms with van der Waals surface area (Å²) in [5, 5.41) is 22.9. The molecule has 20 heteroatoms. The number of hydrogen-bond donors (Lipinski definition) is 0. The van der Waals surface area contributed by atoms with Gasteiger partial charge in [0, 0.05) is 111 Å². The highest BCUT2D eigenvalue weighted by atomic mass is 35.5. The van der Waals surface area contributed by atoms with E-state index in [1.807, 2.05) is 84.9 Å². The van der Waals surface area contributed by atoms with Gasteiger partial charge in [0.2, 0.25) is 21.1 Å². The molecule has 10 aromatic heterocycles. The second kappa shape index (κ2) is 31.4. The summed E-state index contributed by atoms with van der Waals surface area (Å²) in [6.45, 7) is 0. The van der Waals surface area contributed by atoms with Crippen molar-refractivity contribution in [2.75, 3.05) is 0 Å². The third kappa shape index (κ3) is 12.8. The van der Waals surface area contributed by atoms with E-state index in [0.29, 0.717) is 33.7 Å². The van der Waals surface area contributed by atoms with Crippen molar-refractivity contribution in [2.24, 2.45) is 0 Å². The van der Waals surface area contributed by atoms with Gasteiger partial charge in [-0.15, -0.1) is 11.3 Å². The summed E-state index contributed by atoms with van der Waals surface area (Å²) in [7, 11) is 0. The van der Waals surface area contributed by atoms with Gasteiger partial charge in [0.15, 0.2) is 22.3 Å². The molecule has 0 radical (unpaired) electrons. The van der Waals surface area contributed by atoms with E-state index in [4.69, 9.17) is 74.0 Å². The zero-order chi connectivity index (χ0) is 87.5. The summed E-state index contributed by atoms with van der Waals surface area (Å²) in [6.07, 6.45) is 0. The van der Waals surface area contributed by atoms with E-state index in [1.165, 1.54) is 51.0 Å². The lowest BCUT2D eigenvalue weighted by Gasteiger charge is -2.20. The second-order valence-electron chi connectivity index (χ2n) is 32.3. The van der Waals surface area contributed by atoms with Crippen molar-refractivity contribution in [1.29, 1.82) is 0 Å². The Kier molecular flexibility index (Phi) is 18.5. The van der Waals surface area contributed by atoms with Crippen LogP contribution in [0.2, 0.25) is 21.1 Å². The predicted molar refractivity (Wildman–Crippen MR) is 546 cm³/mol. The Labute approximate surface area is 781 Å². The van der Waals surface area contributed by atoms with Crippen molar-refractivity contribution in [1.82, 2.24) is 44.4 Å². The van der Waals surface area contributed by atoms with Gasteiger partial charge in [-0.3, -0.25) is 0 Å². The van der Waals surface area contributed by atoms with Crippen LogP contribution in [-0.2, 0) is 0 Å². The molecule has 1 aliphatic heterocycles. The average Bonchev–Trinajstić information content (AvgIpc) is 1.56. The van der Waals surface area contributed by atoms with Gasteiger partial charge in [-0.2, -0.15) is 0 Å². The van der Waals surface area contributed by atoms with Crippen molar-refractivity contribution in [3.63, 3.8) is 0 Å². The number of fused-ring (bicyclic) bond motifs is 32. The first-order valence-electron chi connectivity index (χ1n) is 42.7. The van der Waals surface area contributed by atoms with Crippen molar-refractivity contribution in [3.8, 4) is 50.7 Å². The van der Waals surface area contributed by atoms with Crippen LogP contribution in [0, 0.1) is 0 Å². The molecule has 0 N–H and O–H groups in total. The van der Waals surface area contributed by atoms with E-state index < -0.39 is 0 Å². The van der Waals surface area contributed by atoms with Crippen molar-refractivity contribution < 1.29 is 17.7 Å². The first kappa shape index (κ1) is 78.0. The van der Waals surface area contributed by atoms with Gasteiger partial charge in [-0.1, -0.05) is 290 Å². The number of halogens is 4. The zero-order valence-electron chi connectivity index (χ0n) is 69.0. The van der Waals surface area contributed by atoms with Gasteiger partial charge in [-0.25, -0.2) is 39.9 Å². The largest absolute Gasteiger partial charge is 0.452 e. The molecule has 0 aliphatic carbocycles. The molecule has 0 bridgehead atoms. The van der Waals surface area contributed by atoms with E-state index in [0.717, 1.165) is 180 Å². The standard InChI is InChI=1S/C36H20ClN3O.C26H13ClN2OS2.C26H13ClN2OS.C24H13ClN2O/c37-36-38-32(21-18-19-30-28(20-21)25-14-8-9-17-29(25)40(30)22-10-2-1-3-11-22)35-33(39-36)31-26-15-6-4-12-23(26)24-13-5-7-16-27(24)34(31)41-35;27-26-28-21-16-13-12-14-6-1-2-7-15(14)23(16)30-24(21)22(29-26)17-8-5-11-20-25(17)32-19-10-4-3-9-18(19)31-20;27-26-28-23-16-9-3-5-11-19(16)30-25(23)24(29-26)18-13-21-22(15-8-2-1-7-14(15)18)17-10-4-6-12-20(17)31-21;25-24-26-20(17-10-9-14-5-1-2-7-16(14)13-17)23-21(27-24)19-12-11-15-6-3-4-8-18(15)22(19)28-23/h1-20H;1-13H;1-13H;1-13H. The Balaban J connectivity index is 0.0000000932. The van der Waals surface area contributed by atoms with Gasteiger partial charge < -0.3 is 22.2 Å². The summed E-state index contributed by atoms with van der Waals surface area (Å²) in [4.78, 5) is 41.7. The van der Waals surface area contributed by atoms with E-state index >= 15 is 0 Å². The second-order valence-corrected chi connectivity index (χ2v) is 36.9. The number of hydrogen-bond acceptors (Lipinski definition) is 15. The number of furan rings is 4. The molecule has 0 unspecified atom stereocenters. The fourth-order valence-corrected chi connectivity index (χ4v) is 23.3. The minimum absolute atomic E-state index is 0.194. The first-order chi connectivity index (χ1) is 65.1. The normalized spacial score (nSPS) is 12.2. The molecule has 18 aromatic carbocycles. The highest BCUT2D eigenvalue weighted by molar-refractivity contribution is 8.05. The third-order valence-corrected chi connectivity index (χ3v) is 29.3. The summed E-state index contributed by atoms with van der Waals surface area (Å²) < 4.78 is 30.5. The monoisotopic (exact) mass is 1830 g/mol. The Bertz CT molecular complexity index is 9760. The Hall–Kier alpha value is -15.1. The van der Waals surface area contributed by atoms with Crippen LogP contribution in [0.3, 0.4) is 0 Å². The van der Waals surface area contributed by atoms with Crippen LogP contribution in [0.1, 0.15) is 0 Å². The minimum atomic E-state index is 0.194. The smallest absolute Gasteiger partial charge is 0.223 e. The molecule has 13 nitrogen and oxygen atoms in total. The summed E-state index contributed by atoms with van der Waals surface area (Å²) in [6, 6.07) is 123. The van der Waals surface area contributed by atoms with Gasteiger partial charge >= 0.3 is 0 Å². The van der Waals surface area contributed by atoms with Crippen LogP contribution in [0.25, 0.3) is 246 Å². The molecule has 0 saturated heterocycles. The fraction of sp³-hybridized carbons (Fsp3) is 0. The van der Waals surface area contributed by atoms with Gasteiger partial charge in [-0.05, 0) is 186 Å². The predicted octanol–water partition coefficient (Wildman–Crippen LogP) is 33.8. The molecule has 11 heterocycles. The van der Waals surface area contributed by atoms with E-state index in [2.05, 4.69) is 307 Å². The maximum Gasteiger partial charge on any atom is 0.223 e. The number of benzene rings is 18. The highest BCUT2D eigenvalue weighted by Gasteiger charge is 2.29. The molecule has 0 atom stereocenters. The van der Waals surface area contributed by atoms with Crippen LogP contribution in [0.5, 0.6) is 0 Å². The third-order valence-electron chi connectivity index (χ3n) is 24.8. The fourth-order valence-electron chi connectivity index (χ4n) is 19.1. The summed E-state index contributed by atoms with van der Waals surface area (Å²) >= 11 is 31.1. The van der Waals surface area contributed by atoms with Crippen molar-refractivity contribution >= 4 is 276 Å². The molecular weight excluding hydrogens is 1770 g/mol. The maximum absolute atomic E-state index is 6.70. The Morgan fingerprint density at radius 1 is 0.235 bits per heavy atom. The molecule has 0 saturated carbocycles. The lowest BCUT2D eigenvalue weighted by molar-refractivity contribution is 0.667. The number of nitrogens with zero attached hydrogens (tertiary/aromatic N) is 9. The molecule has 0 amide bonds. The number of rotatable bonds is 5. The Morgan fingerprint density at radius 3 is 1.38 bits per heavy atom. The topological polar surface area (TPSA) is 161 Å². The lowest BCUT2D eigenvalue weighted by atomic mass is 9.97. The summed E-state index contributed by atoms with van der Waals surface area (Å²) in [5.41, 5.74) is 18.9. The Morgan fingerprint density at radius 2 is 0.689 bits per heavy atom. The number of para-hydroxylation sites is 3. The molecule has 1 aliphatic rings. The van der Waals surface area contributed by atoms with Gasteiger partial charge in [0.1, 0.15) is 67.2 Å². The average molecular weight is 1830 g/mol. The first-order valence-corrected chi connectivity index (χ1v) is 46.6. The molecule has 0 fully saturated rings. The van der Waals surface area contributed by atoms with Crippen LogP contribution in [0.4, 0.5) is 0 Å². The number of thiophene rings is 1. The molecule has 29 rings (SSSR count). The van der Waals surface area contributed by atoms with E-state index in [-0.39, 0.29) is 21.1 Å². The minimum Gasteiger partial charge on any atom is -0.452 e. The van der Waals surface area contributed by atoms with Crippen LogP contribution < -0.4 is 0 Å². The van der Waals surface area contributed by atoms with Crippen LogP contribution >= 0.6 is 81.3 Å². The van der Waals surface area contributed by atoms with Crippen LogP contribution in [0.15, 0.2) is 395 Å². The van der Waals surface area contributed by atoms with Gasteiger partial charge in [0.05, 0.1) is 16.4 Å². The molecular formula is C112H59Cl4N9O4S3. The van der Waals surface area contributed by atoms with Crippen molar-refractivity contribution in [2.45, 2.75) is 19.6 Å². The maximum atomic E-state index is 6.70. The van der Waals surface area contributed by atoms with E-state index in [1.54, 1.807) is 34.9 Å².